The molecule has 0 aromatic heterocycles. The Morgan fingerprint density at radius 1 is 1.00 bits per heavy atom. The van der Waals surface area contributed by atoms with E-state index in [4.69, 9.17) is 9.79 Å². The fourth-order valence-electron chi connectivity index (χ4n) is 1.13. The van der Waals surface area contributed by atoms with Gasteiger partial charge in [-0.1, -0.05) is 39.0 Å². The third kappa shape index (κ3) is 23.4. The van der Waals surface area contributed by atoms with Crippen molar-refractivity contribution in [2.75, 3.05) is 6.16 Å². The van der Waals surface area contributed by atoms with E-state index in [1.807, 2.05) is 0 Å². The Kier molecular flexibility index (Phi) is 25.4. The summed E-state index contributed by atoms with van der Waals surface area (Å²) in [6.45, 7) is 2.18. The first-order chi connectivity index (χ1) is 6.06. The Morgan fingerprint density at radius 2 is 1.47 bits per heavy atom. The van der Waals surface area contributed by atoms with E-state index in [0.717, 1.165) is 12.8 Å². The zero-order chi connectivity index (χ0) is 10.2. The third-order valence-corrected chi connectivity index (χ3v) is 4.74. The quantitative estimate of drug-likeness (QED) is 0.408. The van der Waals surface area contributed by atoms with Crippen LogP contribution in [0.1, 0.15) is 45.4 Å². The molecule has 0 amide bonds. The van der Waals surface area contributed by atoms with E-state index in [1.54, 1.807) is 0 Å². The Balaban J connectivity index is -0.000000720. The van der Waals surface area contributed by atoms with Gasteiger partial charge in [-0.3, -0.25) is 4.57 Å². The minimum absolute atomic E-state index is 0. The van der Waals surface area contributed by atoms with Crippen LogP contribution in [0.15, 0.2) is 0 Å². The van der Waals surface area contributed by atoms with E-state index in [1.165, 1.54) is 25.7 Å². The van der Waals surface area contributed by atoms with Gasteiger partial charge in [-0.2, -0.15) is 0 Å². The standard InChI is InChI=1S/C8H20O3P2.2K.2H/c1-2-3-4-5-6-7-8-12-13(9,10)11;;;;/h12H,2-8H2,1H3,(H2,9,10,11);;;;. The molecule has 0 aromatic rings. The summed E-state index contributed by atoms with van der Waals surface area (Å²) in [4.78, 5) is 17.2. The SMILES string of the molecule is CCCCCCCCPP(=O)(O)O.[KH].[KH]. The van der Waals surface area contributed by atoms with Crippen molar-refractivity contribution in [3.8, 4) is 0 Å². The van der Waals surface area contributed by atoms with Crippen LogP contribution in [0.3, 0.4) is 0 Å². The molecule has 0 rings (SSSR count). The second kappa shape index (κ2) is 15.9. The molecule has 2 N–H and O–H groups in total. The van der Waals surface area contributed by atoms with Crippen LogP contribution in [-0.4, -0.2) is 119 Å². The fraction of sp³-hybridized carbons (Fsp3) is 1.00. The van der Waals surface area contributed by atoms with Crippen LogP contribution in [0, 0.1) is 0 Å². The van der Waals surface area contributed by atoms with Gasteiger partial charge in [0.2, 0.25) is 0 Å². The van der Waals surface area contributed by atoms with Gasteiger partial charge in [-0.15, -0.1) is 0 Å². The van der Waals surface area contributed by atoms with Crippen molar-refractivity contribution in [2.24, 2.45) is 0 Å². The number of hydrogen-bond donors (Lipinski definition) is 2. The Bertz CT molecular complexity index is 164. The van der Waals surface area contributed by atoms with Crippen LogP contribution in [0.2, 0.25) is 0 Å². The molecule has 3 nitrogen and oxygen atoms in total. The summed E-state index contributed by atoms with van der Waals surface area (Å²) in [7, 11) is -3.88. The van der Waals surface area contributed by atoms with E-state index in [9.17, 15) is 4.57 Å². The maximum atomic E-state index is 10.5. The van der Waals surface area contributed by atoms with Crippen LogP contribution in [0.4, 0.5) is 0 Å². The Hall–Kier alpha value is 3.85. The average molecular weight is 306 g/mol. The summed E-state index contributed by atoms with van der Waals surface area (Å²) < 4.78 is 10.5. The van der Waals surface area contributed by atoms with Crippen LogP contribution in [0.5, 0.6) is 0 Å². The van der Waals surface area contributed by atoms with Gasteiger partial charge in [0.05, 0.1) is 0 Å². The second-order valence-corrected chi connectivity index (χ2v) is 7.82. The van der Waals surface area contributed by atoms with E-state index in [-0.39, 0.29) is 111 Å². The molecule has 0 aromatic carbocycles. The molecule has 15 heavy (non-hydrogen) atoms. The molecule has 0 aliphatic heterocycles. The summed E-state index contributed by atoms with van der Waals surface area (Å²) in [6.07, 6.45) is 7.76. The molecule has 0 spiro atoms. The van der Waals surface area contributed by atoms with Crippen LogP contribution < -0.4 is 0 Å². The topological polar surface area (TPSA) is 57.5 Å². The molecule has 0 heterocycles. The predicted octanol–water partition coefficient (Wildman–Crippen LogP) is 1.82. The van der Waals surface area contributed by atoms with Crippen molar-refractivity contribution in [1.82, 2.24) is 0 Å². The number of hydrogen-bond acceptors (Lipinski definition) is 1. The molecule has 84 valence electrons. The summed E-state index contributed by atoms with van der Waals surface area (Å²) >= 11 is 0. The van der Waals surface area contributed by atoms with E-state index < -0.39 is 7.28 Å². The summed E-state index contributed by atoms with van der Waals surface area (Å²) in [5.41, 5.74) is 0. The Morgan fingerprint density at radius 3 is 1.93 bits per heavy atom. The molecular formula is C8H22K2O3P2. The molecular weight excluding hydrogens is 284 g/mol. The van der Waals surface area contributed by atoms with E-state index in [2.05, 4.69) is 6.92 Å². The van der Waals surface area contributed by atoms with Crippen LogP contribution in [-0.2, 0) is 4.57 Å². The maximum absolute atomic E-state index is 10.5. The predicted molar refractivity (Wildman–Crippen MR) is 72.9 cm³/mol. The first-order valence-corrected chi connectivity index (χ1v) is 8.53. The number of unbranched alkanes of at least 4 members (excludes halogenated alkanes) is 5. The second-order valence-electron chi connectivity index (χ2n) is 3.22. The van der Waals surface area contributed by atoms with Crippen LogP contribution in [0.25, 0.3) is 0 Å². The molecule has 1 atom stereocenters. The summed E-state index contributed by atoms with van der Waals surface area (Å²) in [5.74, 6) is 0. The van der Waals surface area contributed by atoms with Gasteiger partial charge in [-0.25, -0.2) is 0 Å². The van der Waals surface area contributed by atoms with E-state index in [0.29, 0.717) is 6.16 Å². The van der Waals surface area contributed by atoms with Gasteiger partial charge in [0.15, 0.2) is 0 Å². The molecule has 0 saturated heterocycles. The van der Waals surface area contributed by atoms with Crippen molar-refractivity contribution in [3.05, 3.63) is 0 Å². The minimum atomic E-state index is -3.70. The average Bonchev–Trinajstić information content (AvgIpc) is 2.01. The molecule has 0 aliphatic rings. The molecule has 0 radical (unpaired) electrons. The number of rotatable bonds is 8. The van der Waals surface area contributed by atoms with Gasteiger partial charge >= 0.3 is 110 Å². The Labute approximate surface area is 180 Å². The molecule has 1 unspecified atom stereocenters. The summed E-state index contributed by atoms with van der Waals surface area (Å²) in [5, 5.41) is 0. The van der Waals surface area contributed by atoms with Crippen molar-refractivity contribution in [2.45, 2.75) is 45.4 Å². The first kappa shape index (κ1) is 23.9. The third-order valence-electron chi connectivity index (χ3n) is 1.85. The van der Waals surface area contributed by atoms with E-state index >= 15 is 0 Å². The van der Waals surface area contributed by atoms with Crippen molar-refractivity contribution in [1.29, 1.82) is 0 Å². The van der Waals surface area contributed by atoms with Crippen molar-refractivity contribution in [3.63, 3.8) is 0 Å². The van der Waals surface area contributed by atoms with Gasteiger partial charge in [0, 0.05) is 8.27 Å². The molecule has 0 aliphatic carbocycles. The van der Waals surface area contributed by atoms with Crippen molar-refractivity contribution < 1.29 is 14.4 Å². The molecule has 0 fully saturated rings. The normalized spacial score (nSPS) is 11.1. The van der Waals surface area contributed by atoms with Crippen molar-refractivity contribution >= 4 is 118 Å². The van der Waals surface area contributed by atoms with Gasteiger partial charge in [0.1, 0.15) is 0 Å². The molecule has 0 saturated carbocycles. The van der Waals surface area contributed by atoms with Crippen LogP contribution >= 0.6 is 15.6 Å². The zero-order valence-corrected chi connectivity index (χ0v) is 10.1. The summed E-state index contributed by atoms with van der Waals surface area (Å²) in [6, 6.07) is 0. The molecule has 7 heteroatoms. The fourth-order valence-corrected chi connectivity index (χ4v) is 3.18. The van der Waals surface area contributed by atoms with Gasteiger partial charge < -0.3 is 9.79 Å². The zero-order valence-electron chi connectivity index (χ0n) is 8.20. The van der Waals surface area contributed by atoms with Gasteiger partial charge in [-0.05, 0) is 12.6 Å². The monoisotopic (exact) mass is 306 g/mol. The first-order valence-electron chi connectivity index (χ1n) is 4.87. The van der Waals surface area contributed by atoms with Gasteiger partial charge in [0.25, 0.3) is 0 Å². The molecule has 0 bridgehead atoms.